The Labute approximate surface area is 123 Å². The molecule has 20 heavy (non-hydrogen) atoms. The van der Waals surface area contributed by atoms with Gasteiger partial charge in [0.2, 0.25) is 10.0 Å². The molecule has 0 bridgehead atoms. The molecule has 1 atom stereocenters. The molecule has 0 aromatic heterocycles. The number of carboxylic acids is 1. The number of sulfonamides is 1. The molecule has 0 aliphatic rings. The van der Waals surface area contributed by atoms with Gasteiger partial charge in [0.15, 0.2) is 0 Å². The maximum Gasteiger partial charge on any atom is 0.303 e. The van der Waals surface area contributed by atoms with Crippen LogP contribution < -0.4 is 4.72 Å². The zero-order chi connectivity index (χ0) is 15.8. The average Bonchev–Trinajstić information content (AvgIpc) is 2.30. The highest BCUT2D eigenvalue weighted by atomic mass is 32.2. The third-order valence-corrected chi connectivity index (χ3v) is 4.89. The minimum absolute atomic E-state index is 0.142. The largest absolute Gasteiger partial charge is 0.481 e. The van der Waals surface area contributed by atoms with E-state index in [0.29, 0.717) is 37.6 Å². The van der Waals surface area contributed by atoms with Crippen LogP contribution in [0.3, 0.4) is 0 Å². The summed E-state index contributed by atoms with van der Waals surface area (Å²) in [6, 6.07) is 0. The molecule has 0 aromatic carbocycles. The van der Waals surface area contributed by atoms with Gasteiger partial charge in [-0.15, -0.1) is 0 Å². The van der Waals surface area contributed by atoms with Crippen LogP contribution in [0.25, 0.3) is 0 Å². The fourth-order valence-electron chi connectivity index (χ4n) is 1.98. The predicted octanol–water partition coefficient (Wildman–Crippen LogP) is 2.48. The molecule has 5 nitrogen and oxygen atoms in total. The van der Waals surface area contributed by atoms with Gasteiger partial charge < -0.3 is 5.11 Å². The molecular weight excluding hydrogens is 278 g/mol. The lowest BCUT2D eigenvalue weighted by Gasteiger charge is -2.20. The molecule has 6 heteroatoms. The Hall–Kier alpha value is -0.620. The molecule has 0 radical (unpaired) electrons. The van der Waals surface area contributed by atoms with E-state index in [9.17, 15) is 13.2 Å². The molecule has 0 amide bonds. The Kier molecular flexibility index (Phi) is 9.05. The Bertz CT molecular complexity index is 377. The fraction of sp³-hybridized carbons (Fsp3) is 0.929. The summed E-state index contributed by atoms with van der Waals surface area (Å²) < 4.78 is 26.1. The Morgan fingerprint density at radius 1 is 1.10 bits per heavy atom. The molecule has 0 spiro atoms. The van der Waals surface area contributed by atoms with Gasteiger partial charge in [0, 0.05) is 13.0 Å². The van der Waals surface area contributed by atoms with Crippen molar-refractivity contribution in [3.05, 3.63) is 0 Å². The first kappa shape index (κ1) is 19.4. The number of carbonyl (C=O) groups is 1. The Balaban J connectivity index is 4.13. The van der Waals surface area contributed by atoms with Crippen molar-refractivity contribution in [2.24, 2.45) is 17.8 Å². The summed E-state index contributed by atoms with van der Waals surface area (Å²) in [5, 5.41) is 8.71. The van der Waals surface area contributed by atoms with Gasteiger partial charge >= 0.3 is 5.97 Å². The molecule has 0 saturated carbocycles. The molecule has 0 rings (SSSR count). The second-order valence-electron chi connectivity index (χ2n) is 6.12. The molecule has 0 aliphatic heterocycles. The lowest BCUT2D eigenvalue weighted by Crippen LogP contribution is -2.29. The highest BCUT2D eigenvalue weighted by Gasteiger charge is 2.17. The van der Waals surface area contributed by atoms with Crippen LogP contribution in [0.2, 0.25) is 0 Å². The molecule has 0 saturated heterocycles. The van der Waals surface area contributed by atoms with Crippen LogP contribution in [0.4, 0.5) is 0 Å². The third-order valence-electron chi connectivity index (χ3n) is 3.47. The molecule has 0 fully saturated rings. The average molecular weight is 307 g/mol. The standard InChI is InChI=1S/C14H29NO4S/c1-11(2)8-10-20(18,19)15-9-7-13(12(3)4)5-6-14(16)17/h11-13,15H,5-10H2,1-4H3,(H,16,17). The van der Waals surface area contributed by atoms with Crippen molar-refractivity contribution in [2.45, 2.75) is 53.4 Å². The molecule has 0 heterocycles. The van der Waals surface area contributed by atoms with Crippen molar-refractivity contribution in [3.8, 4) is 0 Å². The van der Waals surface area contributed by atoms with Gasteiger partial charge in [0.1, 0.15) is 0 Å². The first-order valence-electron chi connectivity index (χ1n) is 7.33. The van der Waals surface area contributed by atoms with Crippen LogP contribution in [0.1, 0.15) is 53.4 Å². The molecule has 120 valence electrons. The van der Waals surface area contributed by atoms with E-state index in [2.05, 4.69) is 4.72 Å². The maximum absolute atomic E-state index is 11.7. The highest BCUT2D eigenvalue weighted by molar-refractivity contribution is 7.89. The Morgan fingerprint density at radius 2 is 1.70 bits per heavy atom. The van der Waals surface area contributed by atoms with Gasteiger partial charge in [0.25, 0.3) is 0 Å². The van der Waals surface area contributed by atoms with E-state index >= 15 is 0 Å². The topological polar surface area (TPSA) is 83.5 Å². The van der Waals surface area contributed by atoms with Crippen LogP contribution in [0, 0.1) is 17.8 Å². The SMILES string of the molecule is CC(C)CCS(=O)(=O)NCCC(CCC(=O)O)C(C)C. The van der Waals surface area contributed by atoms with E-state index in [-0.39, 0.29) is 18.1 Å². The van der Waals surface area contributed by atoms with E-state index in [1.54, 1.807) is 0 Å². The predicted molar refractivity (Wildman–Crippen MR) is 81.1 cm³/mol. The van der Waals surface area contributed by atoms with Crippen LogP contribution in [0.15, 0.2) is 0 Å². The minimum Gasteiger partial charge on any atom is -0.481 e. The summed E-state index contributed by atoms with van der Waals surface area (Å²) in [4.78, 5) is 10.6. The number of hydrogen-bond acceptors (Lipinski definition) is 3. The third kappa shape index (κ3) is 10.2. The van der Waals surface area contributed by atoms with Gasteiger partial charge in [-0.3, -0.25) is 4.79 Å². The van der Waals surface area contributed by atoms with E-state index in [1.807, 2.05) is 27.7 Å². The lowest BCUT2D eigenvalue weighted by atomic mass is 9.88. The van der Waals surface area contributed by atoms with Gasteiger partial charge in [-0.2, -0.15) is 0 Å². The van der Waals surface area contributed by atoms with E-state index < -0.39 is 16.0 Å². The molecule has 0 aliphatic carbocycles. The van der Waals surface area contributed by atoms with Crippen molar-refractivity contribution < 1.29 is 18.3 Å². The second kappa shape index (κ2) is 9.34. The fourth-order valence-corrected chi connectivity index (χ4v) is 3.34. The van der Waals surface area contributed by atoms with Crippen molar-refractivity contribution in [1.82, 2.24) is 4.72 Å². The van der Waals surface area contributed by atoms with Gasteiger partial charge in [-0.05, 0) is 37.0 Å². The number of carboxylic acid groups (broad SMARTS) is 1. The molecule has 1 unspecified atom stereocenters. The number of nitrogens with one attached hydrogen (secondary N) is 1. The van der Waals surface area contributed by atoms with E-state index in [0.717, 1.165) is 0 Å². The smallest absolute Gasteiger partial charge is 0.303 e. The molecular formula is C14H29NO4S. The monoisotopic (exact) mass is 307 g/mol. The second-order valence-corrected chi connectivity index (χ2v) is 8.05. The number of rotatable bonds is 11. The lowest BCUT2D eigenvalue weighted by molar-refractivity contribution is -0.137. The van der Waals surface area contributed by atoms with E-state index in [1.165, 1.54) is 0 Å². The van der Waals surface area contributed by atoms with Crippen LogP contribution in [-0.4, -0.2) is 31.8 Å². The van der Waals surface area contributed by atoms with Crippen molar-refractivity contribution in [3.63, 3.8) is 0 Å². The summed E-state index contributed by atoms with van der Waals surface area (Å²) in [6.45, 7) is 8.47. The van der Waals surface area contributed by atoms with Crippen molar-refractivity contribution in [2.75, 3.05) is 12.3 Å². The van der Waals surface area contributed by atoms with Gasteiger partial charge in [0.05, 0.1) is 5.75 Å². The molecule has 0 aromatic rings. The van der Waals surface area contributed by atoms with Gasteiger partial charge in [-0.1, -0.05) is 27.7 Å². The van der Waals surface area contributed by atoms with E-state index in [4.69, 9.17) is 5.11 Å². The highest BCUT2D eigenvalue weighted by Crippen LogP contribution is 2.20. The first-order chi connectivity index (χ1) is 9.14. The normalized spacial score (nSPS) is 13.9. The minimum atomic E-state index is -3.20. The summed E-state index contributed by atoms with van der Waals surface area (Å²) in [7, 11) is -3.20. The zero-order valence-electron chi connectivity index (χ0n) is 13.1. The van der Waals surface area contributed by atoms with Gasteiger partial charge in [-0.25, -0.2) is 13.1 Å². The summed E-state index contributed by atoms with van der Waals surface area (Å²) in [5.74, 6) is 0.318. The van der Waals surface area contributed by atoms with Crippen LogP contribution >= 0.6 is 0 Å². The quantitative estimate of drug-likeness (QED) is 0.614. The number of aliphatic carboxylic acids is 1. The Morgan fingerprint density at radius 3 is 2.15 bits per heavy atom. The molecule has 2 N–H and O–H groups in total. The van der Waals surface area contributed by atoms with Crippen molar-refractivity contribution in [1.29, 1.82) is 0 Å². The maximum atomic E-state index is 11.7. The van der Waals surface area contributed by atoms with Crippen LogP contribution in [-0.2, 0) is 14.8 Å². The first-order valence-corrected chi connectivity index (χ1v) is 8.98. The summed E-state index contributed by atoms with van der Waals surface area (Å²) in [5.41, 5.74) is 0. The van der Waals surface area contributed by atoms with Crippen molar-refractivity contribution >= 4 is 16.0 Å². The van der Waals surface area contributed by atoms with Crippen LogP contribution in [0.5, 0.6) is 0 Å². The zero-order valence-corrected chi connectivity index (χ0v) is 13.9. The number of hydrogen-bond donors (Lipinski definition) is 2. The summed E-state index contributed by atoms with van der Waals surface area (Å²) in [6.07, 6.45) is 2.08. The summed E-state index contributed by atoms with van der Waals surface area (Å²) >= 11 is 0.